The summed E-state index contributed by atoms with van der Waals surface area (Å²) in [5.74, 6) is 1.84. The Morgan fingerprint density at radius 2 is 1.61 bits per heavy atom. The zero-order valence-corrected chi connectivity index (χ0v) is 12.4. The molecule has 0 aromatic heterocycles. The van der Waals surface area contributed by atoms with Gasteiger partial charge in [-0.3, -0.25) is 0 Å². The highest BCUT2D eigenvalue weighted by Crippen LogP contribution is 2.49. The lowest BCUT2D eigenvalue weighted by molar-refractivity contribution is 0.445. The molecule has 3 heteroatoms. The van der Waals surface area contributed by atoms with Crippen molar-refractivity contribution in [1.82, 2.24) is 0 Å². The Labute approximate surface area is 114 Å². The first-order chi connectivity index (χ1) is 8.69. The van der Waals surface area contributed by atoms with Crippen LogP contribution >= 0.6 is 0 Å². The zero-order valence-electron chi connectivity index (χ0n) is 12.4. The van der Waals surface area contributed by atoms with Gasteiger partial charge in [-0.1, -0.05) is 76.4 Å². The van der Waals surface area contributed by atoms with Gasteiger partial charge in [0.25, 0.3) is 0 Å². The number of allylic oxidation sites excluding steroid dienone is 2. The van der Waals surface area contributed by atoms with E-state index in [9.17, 15) is 5.02 Å². The lowest BCUT2D eigenvalue weighted by Crippen LogP contribution is -2.37. The molecule has 2 saturated heterocycles. The van der Waals surface area contributed by atoms with Crippen LogP contribution in [0.1, 0.15) is 65.7 Å². The molecule has 0 saturated carbocycles. The van der Waals surface area contributed by atoms with Crippen molar-refractivity contribution in [2.45, 2.75) is 83.7 Å². The van der Waals surface area contributed by atoms with Crippen molar-refractivity contribution in [2.24, 2.45) is 0 Å². The van der Waals surface area contributed by atoms with Gasteiger partial charge in [-0.15, -0.1) is 5.47 Å². The van der Waals surface area contributed by atoms with E-state index >= 15 is 0 Å². The van der Waals surface area contributed by atoms with E-state index in [0.29, 0.717) is 0 Å². The van der Waals surface area contributed by atoms with Gasteiger partial charge >= 0.3 is 6.92 Å². The fourth-order valence-corrected chi connectivity index (χ4v) is 4.62. The number of rotatable bonds is 4. The Morgan fingerprint density at radius 1 is 1.11 bits per heavy atom. The molecule has 0 atom stereocenters. The van der Waals surface area contributed by atoms with Gasteiger partial charge in [0.1, 0.15) is 0 Å². The minimum absolute atomic E-state index is 0.197. The lowest BCUT2D eigenvalue weighted by Gasteiger charge is -2.42. The average molecular weight is 246 g/mol. The van der Waals surface area contributed by atoms with Crippen molar-refractivity contribution in [3.63, 3.8) is 0 Å². The molecule has 0 unspecified atom stereocenters. The summed E-state index contributed by atoms with van der Waals surface area (Å²) in [5.41, 5.74) is 2.91. The molecule has 2 fully saturated rings. The Morgan fingerprint density at radius 3 is 2.00 bits per heavy atom. The van der Waals surface area contributed by atoms with E-state index in [-0.39, 0.29) is 6.92 Å². The van der Waals surface area contributed by atoms with Crippen molar-refractivity contribution >= 4 is 13.6 Å². The minimum Gasteiger partial charge on any atom is -0.447 e. The SMILES string of the molecule is CCB(O)/C(CC)=C(/C)B1C2CCCC1CCC2. The number of hydrogen-bond donors (Lipinski definition) is 1. The molecule has 2 rings (SSSR count). The minimum atomic E-state index is -0.197. The average Bonchev–Trinajstić information content (AvgIpc) is 2.38. The maximum Gasteiger partial charge on any atom is 0.318 e. The van der Waals surface area contributed by atoms with Crippen molar-refractivity contribution in [3.8, 4) is 0 Å². The van der Waals surface area contributed by atoms with Gasteiger partial charge < -0.3 is 5.02 Å². The first kappa shape index (κ1) is 14.2. The van der Waals surface area contributed by atoms with Gasteiger partial charge in [0.2, 0.25) is 0 Å². The molecule has 2 aliphatic heterocycles. The Balaban J connectivity index is 2.24. The fourth-order valence-electron chi connectivity index (χ4n) is 4.62. The first-order valence-electron chi connectivity index (χ1n) is 8.06. The normalized spacial score (nSPS) is 29.0. The van der Waals surface area contributed by atoms with Crippen LogP contribution in [0, 0.1) is 0 Å². The molecule has 1 nitrogen and oxygen atoms in total. The molecule has 0 aliphatic carbocycles. The fraction of sp³-hybridized carbons (Fsp3) is 0.867. The van der Waals surface area contributed by atoms with Gasteiger partial charge in [0.05, 0.1) is 0 Å². The van der Waals surface area contributed by atoms with Crippen LogP contribution in [0.5, 0.6) is 0 Å². The molecule has 2 bridgehead atoms. The maximum atomic E-state index is 10.2. The smallest absolute Gasteiger partial charge is 0.318 e. The van der Waals surface area contributed by atoms with E-state index in [0.717, 1.165) is 31.1 Å². The molecule has 0 aromatic carbocycles. The maximum absolute atomic E-state index is 10.2. The summed E-state index contributed by atoms with van der Waals surface area (Å²) >= 11 is 0. The van der Waals surface area contributed by atoms with Crippen LogP contribution in [0.4, 0.5) is 0 Å². The second kappa shape index (κ2) is 6.32. The van der Waals surface area contributed by atoms with Gasteiger partial charge in [-0.05, 0) is 12.7 Å². The lowest BCUT2D eigenvalue weighted by atomic mass is 9.23. The van der Waals surface area contributed by atoms with E-state index in [4.69, 9.17) is 0 Å². The quantitative estimate of drug-likeness (QED) is 0.729. The van der Waals surface area contributed by atoms with Gasteiger partial charge in [0.15, 0.2) is 6.71 Å². The van der Waals surface area contributed by atoms with Crippen LogP contribution in [0.2, 0.25) is 18.0 Å². The van der Waals surface area contributed by atoms with E-state index in [1.165, 1.54) is 44.0 Å². The Bertz CT molecular complexity index is 292. The molecule has 1 N–H and O–H groups in total. The van der Waals surface area contributed by atoms with Crippen LogP contribution in [0.3, 0.4) is 0 Å². The monoisotopic (exact) mass is 246 g/mol. The van der Waals surface area contributed by atoms with Crippen molar-refractivity contribution in [3.05, 3.63) is 10.9 Å². The van der Waals surface area contributed by atoms with E-state index in [2.05, 4.69) is 20.8 Å². The Kier molecular flexibility index (Phi) is 5.00. The zero-order chi connectivity index (χ0) is 13.1. The van der Waals surface area contributed by atoms with Gasteiger partial charge in [-0.2, -0.15) is 0 Å². The third kappa shape index (κ3) is 2.71. The molecule has 2 aliphatic rings. The summed E-state index contributed by atoms with van der Waals surface area (Å²) in [6.45, 7) is 7.21. The summed E-state index contributed by atoms with van der Waals surface area (Å²) in [4.78, 5) is 0. The molecule has 2 heterocycles. The summed E-state index contributed by atoms with van der Waals surface area (Å²) in [6.07, 6.45) is 10.5. The summed E-state index contributed by atoms with van der Waals surface area (Å²) < 4.78 is 0. The summed E-state index contributed by atoms with van der Waals surface area (Å²) in [5, 5.41) is 10.2. The molecule has 0 radical (unpaired) electrons. The molecule has 100 valence electrons. The highest BCUT2D eigenvalue weighted by molar-refractivity contribution is 6.73. The molecular weight excluding hydrogens is 218 g/mol. The van der Waals surface area contributed by atoms with E-state index in [1.54, 1.807) is 5.47 Å². The second-order valence-electron chi connectivity index (χ2n) is 6.39. The third-order valence-electron chi connectivity index (χ3n) is 5.49. The second-order valence-corrected chi connectivity index (χ2v) is 6.39. The van der Waals surface area contributed by atoms with Crippen molar-refractivity contribution < 1.29 is 5.02 Å². The van der Waals surface area contributed by atoms with Crippen LogP contribution in [0.15, 0.2) is 10.9 Å². The third-order valence-corrected chi connectivity index (χ3v) is 5.49. The predicted octanol–water partition coefficient (Wildman–Crippen LogP) is 4.40. The van der Waals surface area contributed by atoms with Crippen LogP contribution < -0.4 is 0 Å². The number of fused-ring (bicyclic) bond motifs is 2. The molecule has 0 amide bonds. The van der Waals surface area contributed by atoms with Gasteiger partial charge in [-0.25, -0.2) is 0 Å². The molecule has 18 heavy (non-hydrogen) atoms. The van der Waals surface area contributed by atoms with Crippen LogP contribution in [0.25, 0.3) is 0 Å². The highest BCUT2D eigenvalue weighted by Gasteiger charge is 2.41. The van der Waals surface area contributed by atoms with E-state index < -0.39 is 0 Å². The van der Waals surface area contributed by atoms with Crippen LogP contribution in [-0.2, 0) is 0 Å². The largest absolute Gasteiger partial charge is 0.447 e. The molecular formula is C15H28B2O. The highest BCUT2D eigenvalue weighted by atomic mass is 16.2. The topological polar surface area (TPSA) is 20.2 Å². The predicted molar refractivity (Wildman–Crippen MR) is 82.4 cm³/mol. The van der Waals surface area contributed by atoms with E-state index in [1.807, 2.05) is 0 Å². The van der Waals surface area contributed by atoms with Crippen molar-refractivity contribution in [1.29, 1.82) is 0 Å². The standard InChI is InChI=1S/C15H28B2O/c1-4-15(16(18)5-2)12(3)17-13-8-6-9-14(17)11-7-10-13/h13-14,18H,4-11H2,1-3H3/b15-12-. The van der Waals surface area contributed by atoms with Crippen molar-refractivity contribution in [2.75, 3.05) is 0 Å². The van der Waals surface area contributed by atoms with Crippen LogP contribution in [-0.4, -0.2) is 18.7 Å². The Hall–Kier alpha value is -0.170. The first-order valence-corrected chi connectivity index (χ1v) is 8.06. The molecule has 0 aromatic rings. The summed E-state index contributed by atoms with van der Waals surface area (Å²) in [6, 6.07) is 0. The van der Waals surface area contributed by atoms with Gasteiger partial charge in [0, 0.05) is 0 Å². The summed E-state index contributed by atoms with van der Waals surface area (Å²) in [7, 11) is 0. The number of hydrogen-bond acceptors (Lipinski definition) is 1. The molecule has 0 spiro atoms.